The van der Waals surface area contributed by atoms with Gasteiger partial charge in [0.15, 0.2) is 0 Å². The molecule has 0 spiro atoms. The summed E-state index contributed by atoms with van der Waals surface area (Å²) in [5, 5.41) is 12.2. The maximum absolute atomic E-state index is 10.9. The number of nitrogens with zero attached hydrogens (tertiary/aromatic N) is 1. The van der Waals surface area contributed by atoms with Crippen molar-refractivity contribution in [1.29, 1.82) is 0 Å². The first-order valence-electron chi connectivity index (χ1n) is 6.03. The van der Waals surface area contributed by atoms with Crippen LogP contribution in [-0.4, -0.2) is 16.1 Å². The van der Waals surface area contributed by atoms with E-state index in [9.17, 15) is 4.79 Å². The second kappa shape index (κ2) is 5.10. The Kier molecular flexibility index (Phi) is 3.51. The number of pyridine rings is 1. The SMILES string of the molecule is Cc1cccc(Nc2ccc(C(=O)O)c(C)n2)c1C. The number of aromatic nitrogens is 1. The third-order valence-corrected chi connectivity index (χ3v) is 3.18. The molecule has 2 rings (SSSR count). The van der Waals surface area contributed by atoms with Gasteiger partial charge in [0.2, 0.25) is 0 Å². The average Bonchev–Trinajstić information content (AvgIpc) is 2.34. The summed E-state index contributed by atoms with van der Waals surface area (Å²) in [5.74, 6) is -0.306. The molecule has 0 aliphatic carbocycles. The maximum atomic E-state index is 10.9. The molecule has 1 heterocycles. The van der Waals surface area contributed by atoms with Crippen molar-refractivity contribution in [2.45, 2.75) is 20.8 Å². The normalized spacial score (nSPS) is 10.3. The van der Waals surface area contributed by atoms with Crippen molar-refractivity contribution in [2.75, 3.05) is 5.32 Å². The summed E-state index contributed by atoms with van der Waals surface area (Å²) in [5.41, 5.74) is 4.07. The Hall–Kier alpha value is -2.36. The second-order valence-corrected chi connectivity index (χ2v) is 4.51. The first-order chi connectivity index (χ1) is 8.99. The lowest BCUT2D eigenvalue weighted by Crippen LogP contribution is -2.04. The Morgan fingerprint density at radius 1 is 1.16 bits per heavy atom. The van der Waals surface area contributed by atoms with Crippen molar-refractivity contribution in [1.82, 2.24) is 4.98 Å². The van der Waals surface area contributed by atoms with E-state index in [1.54, 1.807) is 19.1 Å². The van der Waals surface area contributed by atoms with Crippen LogP contribution in [0.4, 0.5) is 11.5 Å². The van der Waals surface area contributed by atoms with Crippen LogP contribution in [0.3, 0.4) is 0 Å². The molecule has 0 fully saturated rings. The van der Waals surface area contributed by atoms with Gasteiger partial charge in [-0.3, -0.25) is 0 Å². The third kappa shape index (κ3) is 2.73. The van der Waals surface area contributed by atoms with Crippen LogP contribution in [-0.2, 0) is 0 Å². The number of benzene rings is 1. The van der Waals surface area contributed by atoms with Crippen LogP contribution in [0.25, 0.3) is 0 Å². The highest BCUT2D eigenvalue weighted by atomic mass is 16.4. The largest absolute Gasteiger partial charge is 0.478 e. The predicted octanol–water partition coefficient (Wildman–Crippen LogP) is 3.45. The minimum absolute atomic E-state index is 0.228. The molecule has 2 aromatic rings. The number of aryl methyl sites for hydroxylation is 2. The summed E-state index contributed by atoms with van der Waals surface area (Å²) >= 11 is 0. The van der Waals surface area contributed by atoms with Gasteiger partial charge in [0.05, 0.1) is 11.3 Å². The van der Waals surface area contributed by atoms with E-state index >= 15 is 0 Å². The van der Waals surface area contributed by atoms with Gasteiger partial charge in [0.25, 0.3) is 0 Å². The number of carbonyl (C=O) groups is 1. The highest BCUT2D eigenvalue weighted by Gasteiger charge is 2.09. The summed E-state index contributed by atoms with van der Waals surface area (Å²) in [6.07, 6.45) is 0. The molecule has 0 radical (unpaired) electrons. The molecule has 0 aliphatic heterocycles. The number of carboxylic acids is 1. The highest BCUT2D eigenvalue weighted by Crippen LogP contribution is 2.22. The molecule has 0 aliphatic rings. The quantitative estimate of drug-likeness (QED) is 0.883. The molecular formula is C15H16N2O2. The van der Waals surface area contributed by atoms with E-state index in [0.717, 1.165) is 11.3 Å². The van der Waals surface area contributed by atoms with Gasteiger partial charge < -0.3 is 10.4 Å². The molecule has 98 valence electrons. The number of carboxylic acid groups (broad SMARTS) is 1. The molecule has 0 atom stereocenters. The molecule has 0 amide bonds. The van der Waals surface area contributed by atoms with Gasteiger partial charge >= 0.3 is 5.97 Å². The summed E-state index contributed by atoms with van der Waals surface area (Å²) in [6.45, 7) is 5.78. The fourth-order valence-corrected chi connectivity index (χ4v) is 1.88. The molecule has 2 N–H and O–H groups in total. The zero-order valence-electron chi connectivity index (χ0n) is 11.2. The molecule has 0 saturated carbocycles. The number of rotatable bonds is 3. The Bertz CT molecular complexity index is 636. The predicted molar refractivity (Wildman–Crippen MR) is 75.1 cm³/mol. The van der Waals surface area contributed by atoms with Gasteiger partial charge in [-0.25, -0.2) is 9.78 Å². The van der Waals surface area contributed by atoms with Crippen molar-refractivity contribution >= 4 is 17.5 Å². The minimum atomic E-state index is -0.955. The second-order valence-electron chi connectivity index (χ2n) is 4.51. The zero-order valence-corrected chi connectivity index (χ0v) is 11.2. The Morgan fingerprint density at radius 3 is 2.53 bits per heavy atom. The van der Waals surface area contributed by atoms with E-state index in [-0.39, 0.29) is 5.56 Å². The number of nitrogens with one attached hydrogen (secondary N) is 1. The summed E-state index contributed by atoms with van der Waals surface area (Å²) < 4.78 is 0. The number of hydrogen-bond donors (Lipinski definition) is 2. The minimum Gasteiger partial charge on any atom is -0.478 e. The fraction of sp³-hybridized carbons (Fsp3) is 0.200. The van der Waals surface area contributed by atoms with E-state index < -0.39 is 5.97 Å². The van der Waals surface area contributed by atoms with Gasteiger partial charge in [0.1, 0.15) is 5.82 Å². The average molecular weight is 256 g/mol. The van der Waals surface area contributed by atoms with Gasteiger partial charge in [-0.2, -0.15) is 0 Å². The van der Waals surface area contributed by atoms with Crippen LogP contribution < -0.4 is 5.32 Å². The number of anilines is 2. The van der Waals surface area contributed by atoms with Gasteiger partial charge in [0, 0.05) is 5.69 Å². The standard InChI is InChI=1S/C15H16N2O2/c1-9-5-4-6-13(10(9)2)17-14-8-7-12(15(18)19)11(3)16-14/h4-8H,1-3H3,(H,16,17)(H,18,19). The summed E-state index contributed by atoms with van der Waals surface area (Å²) in [4.78, 5) is 15.2. The molecule has 1 aromatic carbocycles. The Balaban J connectivity index is 2.32. The van der Waals surface area contributed by atoms with E-state index in [0.29, 0.717) is 11.5 Å². The van der Waals surface area contributed by atoms with Crippen molar-refractivity contribution in [3.8, 4) is 0 Å². The maximum Gasteiger partial charge on any atom is 0.337 e. The lowest BCUT2D eigenvalue weighted by atomic mass is 10.1. The van der Waals surface area contributed by atoms with Crippen molar-refractivity contribution in [3.63, 3.8) is 0 Å². The molecule has 4 nitrogen and oxygen atoms in total. The van der Waals surface area contributed by atoms with Crippen molar-refractivity contribution in [2.24, 2.45) is 0 Å². The number of aromatic carboxylic acids is 1. The Labute approximate surface area is 112 Å². The van der Waals surface area contributed by atoms with Crippen molar-refractivity contribution < 1.29 is 9.90 Å². The van der Waals surface area contributed by atoms with Crippen LogP contribution in [0, 0.1) is 20.8 Å². The lowest BCUT2D eigenvalue weighted by molar-refractivity contribution is 0.0695. The van der Waals surface area contributed by atoms with Crippen LogP contribution in [0.5, 0.6) is 0 Å². The van der Waals surface area contributed by atoms with Crippen LogP contribution >= 0.6 is 0 Å². The third-order valence-electron chi connectivity index (χ3n) is 3.18. The smallest absolute Gasteiger partial charge is 0.337 e. The summed E-state index contributed by atoms with van der Waals surface area (Å²) in [7, 11) is 0. The van der Waals surface area contributed by atoms with Gasteiger partial charge in [-0.15, -0.1) is 0 Å². The van der Waals surface area contributed by atoms with Crippen LogP contribution in [0.15, 0.2) is 30.3 Å². The first kappa shape index (κ1) is 13.1. The van der Waals surface area contributed by atoms with Crippen LogP contribution in [0.2, 0.25) is 0 Å². The molecule has 0 bridgehead atoms. The number of hydrogen-bond acceptors (Lipinski definition) is 3. The lowest BCUT2D eigenvalue weighted by Gasteiger charge is -2.11. The molecule has 0 saturated heterocycles. The van der Waals surface area contributed by atoms with Gasteiger partial charge in [-0.1, -0.05) is 12.1 Å². The van der Waals surface area contributed by atoms with E-state index in [4.69, 9.17) is 5.11 Å². The molecule has 19 heavy (non-hydrogen) atoms. The molecular weight excluding hydrogens is 240 g/mol. The van der Waals surface area contributed by atoms with E-state index in [1.165, 1.54) is 5.56 Å². The van der Waals surface area contributed by atoms with Crippen molar-refractivity contribution in [3.05, 3.63) is 52.7 Å². The zero-order chi connectivity index (χ0) is 14.0. The van der Waals surface area contributed by atoms with Gasteiger partial charge in [-0.05, 0) is 50.1 Å². The Morgan fingerprint density at radius 2 is 1.89 bits per heavy atom. The molecule has 0 unspecified atom stereocenters. The first-order valence-corrected chi connectivity index (χ1v) is 6.03. The van der Waals surface area contributed by atoms with E-state index in [1.807, 2.05) is 32.0 Å². The van der Waals surface area contributed by atoms with E-state index in [2.05, 4.69) is 10.3 Å². The molecule has 4 heteroatoms. The molecule has 1 aromatic heterocycles. The van der Waals surface area contributed by atoms with Crippen LogP contribution in [0.1, 0.15) is 27.2 Å². The summed E-state index contributed by atoms with van der Waals surface area (Å²) in [6, 6.07) is 9.25. The highest BCUT2D eigenvalue weighted by molar-refractivity contribution is 5.89. The fourth-order valence-electron chi connectivity index (χ4n) is 1.88. The topological polar surface area (TPSA) is 62.2 Å². The monoisotopic (exact) mass is 256 g/mol.